The molecule has 1 aromatic carbocycles. The van der Waals surface area contributed by atoms with E-state index in [1.165, 1.54) is 13.0 Å². The fraction of sp³-hybridized carbons (Fsp3) is 0.214. The van der Waals surface area contributed by atoms with Crippen LogP contribution in [0.15, 0.2) is 36.9 Å². The second-order valence-corrected chi connectivity index (χ2v) is 4.18. The van der Waals surface area contributed by atoms with Crippen molar-refractivity contribution in [3.63, 3.8) is 0 Å². The molecule has 20 heavy (non-hydrogen) atoms. The molecule has 0 radical (unpaired) electrons. The molecule has 0 aromatic heterocycles. The van der Waals surface area contributed by atoms with Gasteiger partial charge in [-0.15, -0.1) is 6.58 Å². The molecule has 0 saturated heterocycles. The first-order chi connectivity index (χ1) is 9.45. The zero-order valence-corrected chi connectivity index (χ0v) is 11.2. The van der Waals surface area contributed by atoms with Gasteiger partial charge in [0.25, 0.3) is 5.91 Å². The lowest BCUT2D eigenvalue weighted by Crippen LogP contribution is -2.44. The second-order valence-electron chi connectivity index (χ2n) is 4.18. The van der Waals surface area contributed by atoms with E-state index in [0.717, 1.165) is 0 Å². The summed E-state index contributed by atoms with van der Waals surface area (Å²) in [5.74, 6) is -1.42. The molecule has 0 aliphatic rings. The Labute approximate surface area is 117 Å². The van der Waals surface area contributed by atoms with Crippen LogP contribution in [0.1, 0.15) is 23.7 Å². The molecule has 6 nitrogen and oxygen atoms in total. The van der Waals surface area contributed by atoms with Crippen LogP contribution in [-0.4, -0.2) is 23.8 Å². The van der Waals surface area contributed by atoms with E-state index < -0.39 is 17.9 Å². The van der Waals surface area contributed by atoms with Crippen molar-refractivity contribution in [2.45, 2.75) is 19.4 Å². The van der Waals surface area contributed by atoms with Gasteiger partial charge in [-0.05, 0) is 18.6 Å². The normalized spacial score (nSPS) is 11.2. The highest BCUT2D eigenvalue weighted by molar-refractivity contribution is 6.04. The standard InChI is InChI=1S/C14H17N3O3/c1-3-6-12(13(15)19)17-14(20)10-7-4-5-8-11(10)16-9(2)18/h3-5,7-8,12H,1,6H2,2H3,(H2,15,19)(H,16,18)(H,17,20)/t12-/m1/s1. The van der Waals surface area contributed by atoms with Crippen molar-refractivity contribution in [2.75, 3.05) is 5.32 Å². The van der Waals surface area contributed by atoms with Gasteiger partial charge in [0.05, 0.1) is 11.3 Å². The van der Waals surface area contributed by atoms with Gasteiger partial charge in [0.1, 0.15) is 6.04 Å². The largest absolute Gasteiger partial charge is 0.368 e. The summed E-state index contributed by atoms with van der Waals surface area (Å²) in [6.07, 6.45) is 1.73. The first-order valence-corrected chi connectivity index (χ1v) is 6.03. The Bertz CT molecular complexity index is 540. The van der Waals surface area contributed by atoms with Crippen molar-refractivity contribution in [3.05, 3.63) is 42.5 Å². The number of carbonyl (C=O) groups excluding carboxylic acids is 3. The van der Waals surface area contributed by atoms with E-state index in [1.54, 1.807) is 24.3 Å². The predicted molar refractivity (Wildman–Crippen MR) is 76.0 cm³/mol. The molecule has 1 atom stereocenters. The van der Waals surface area contributed by atoms with Gasteiger partial charge in [-0.3, -0.25) is 14.4 Å². The molecular formula is C14H17N3O3. The van der Waals surface area contributed by atoms with Crippen molar-refractivity contribution < 1.29 is 14.4 Å². The summed E-state index contributed by atoms with van der Waals surface area (Å²) in [4.78, 5) is 34.4. The minimum absolute atomic E-state index is 0.239. The minimum atomic E-state index is -0.828. The first-order valence-electron chi connectivity index (χ1n) is 6.03. The van der Waals surface area contributed by atoms with Gasteiger partial charge in [-0.1, -0.05) is 18.2 Å². The van der Waals surface area contributed by atoms with Gasteiger partial charge < -0.3 is 16.4 Å². The van der Waals surface area contributed by atoms with Gasteiger partial charge >= 0.3 is 0 Å². The summed E-state index contributed by atoms with van der Waals surface area (Å²) in [7, 11) is 0. The van der Waals surface area contributed by atoms with Crippen LogP contribution in [0.4, 0.5) is 5.69 Å². The van der Waals surface area contributed by atoms with Crippen LogP contribution in [0.2, 0.25) is 0 Å². The van der Waals surface area contributed by atoms with E-state index >= 15 is 0 Å². The lowest BCUT2D eigenvalue weighted by molar-refractivity contribution is -0.119. The number of carbonyl (C=O) groups is 3. The highest BCUT2D eigenvalue weighted by atomic mass is 16.2. The van der Waals surface area contributed by atoms with E-state index in [4.69, 9.17) is 5.73 Å². The van der Waals surface area contributed by atoms with Crippen molar-refractivity contribution in [2.24, 2.45) is 5.73 Å². The Balaban J connectivity index is 2.93. The van der Waals surface area contributed by atoms with Crippen LogP contribution in [-0.2, 0) is 9.59 Å². The molecule has 4 N–H and O–H groups in total. The highest BCUT2D eigenvalue weighted by Gasteiger charge is 2.19. The van der Waals surface area contributed by atoms with Crippen LogP contribution in [0.25, 0.3) is 0 Å². The van der Waals surface area contributed by atoms with Crippen molar-refractivity contribution in [1.82, 2.24) is 5.32 Å². The van der Waals surface area contributed by atoms with Gasteiger partial charge in [-0.25, -0.2) is 0 Å². The zero-order valence-electron chi connectivity index (χ0n) is 11.2. The third kappa shape index (κ3) is 4.24. The summed E-state index contributed by atoms with van der Waals surface area (Å²) in [6.45, 7) is 4.85. The minimum Gasteiger partial charge on any atom is -0.368 e. The summed E-state index contributed by atoms with van der Waals surface area (Å²) < 4.78 is 0. The van der Waals surface area contributed by atoms with Crippen LogP contribution in [0.3, 0.4) is 0 Å². The molecule has 3 amide bonds. The Morgan fingerprint density at radius 3 is 2.55 bits per heavy atom. The molecule has 0 unspecified atom stereocenters. The Morgan fingerprint density at radius 1 is 1.35 bits per heavy atom. The average molecular weight is 275 g/mol. The molecular weight excluding hydrogens is 258 g/mol. The molecule has 0 heterocycles. The van der Waals surface area contributed by atoms with Gasteiger partial charge in [0, 0.05) is 6.92 Å². The van der Waals surface area contributed by atoms with E-state index in [1.807, 2.05) is 0 Å². The third-order valence-electron chi connectivity index (χ3n) is 2.53. The summed E-state index contributed by atoms with van der Waals surface area (Å²) in [6, 6.07) is 5.67. The zero-order chi connectivity index (χ0) is 15.1. The molecule has 0 saturated carbocycles. The SMILES string of the molecule is C=CC[C@@H](NC(=O)c1ccccc1NC(C)=O)C(N)=O. The molecule has 106 valence electrons. The monoisotopic (exact) mass is 275 g/mol. The first kappa shape index (κ1) is 15.4. The maximum atomic E-state index is 12.1. The lowest BCUT2D eigenvalue weighted by atomic mass is 10.1. The van der Waals surface area contributed by atoms with Gasteiger partial charge in [-0.2, -0.15) is 0 Å². The number of anilines is 1. The number of hydrogen-bond donors (Lipinski definition) is 3. The number of nitrogens with one attached hydrogen (secondary N) is 2. The Kier molecular flexibility index (Phi) is 5.46. The number of para-hydroxylation sites is 1. The number of benzene rings is 1. The molecule has 1 aromatic rings. The van der Waals surface area contributed by atoms with Crippen LogP contribution in [0.5, 0.6) is 0 Å². The third-order valence-corrected chi connectivity index (χ3v) is 2.53. The van der Waals surface area contributed by atoms with Crippen LogP contribution >= 0.6 is 0 Å². The van der Waals surface area contributed by atoms with Gasteiger partial charge in [0.2, 0.25) is 11.8 Å². The number of rotatable bonds is 6. The number of hydrogen-bond acceptors (Lipinski definition) is 3. The Morgan fingerprint density at radius 2 is 2.00 bits per heavy atom. The van der Waals surface area contributed by atoms with Crippen molar-refractivity contribution in [3.8, 4) is 0 Å². The van der Waals surface area contributed by atoms with E-state index in [-0.39, 0.29) is 17.9 Å². The van der Waals surface area contributed by atoms with Crippen molar-refractivity contribution >= 4 is 23.4 Å². The molecule has 0 aliphatic carbocycles. The van der Waals surface area contributed by atoms with E-state index in [0.29, 0.717) is 5.69 Å². The van der Waals surface area contributed by atoms with Gasteiger partial charge in [0.15, 0.2) is 0 Å². The Hall–Kier alpha value is -2.63. The smallest absolute Gasteiger partial charge is 0.254 e. The second kappa shape index (κ2) is 7.08. The molecule has 6 heteroatoms. The molecule has 0 fully saturated rings. The average Bonchev–Trinajstić information content (AvgIpc) is 2.37. The van der Waals surface area contributed by atoms with E-state index in [2.05, 4.69) is 17.2 Å². The molecule has 0 aliphatic heterocycles. The molecule has 0 spiro atoms. The summed E-state index contributed by atoms with van der Waals surface area (Å²) in [5, 5.41) is 5.06. The fourth-order valence-corrected chi connectivity index (χ4v) is 1.63. The quantitative estimate of drug-likeness (QED) is 0.669. The highest BCUT2D eigenvalue weighted by Crippen LogP contribution is 2.15. The topological polar surface area (TPSA) is 101 Å². The van der Waals surface area contributed by atoms with Crippen LogP contribution in [0, 0.1) is 0 Å². The fourth-order valence-electron chi connectivity index (χ4n) is 1.63. The lowest BCUT2D eigenvalue weighted by Gasteiger charge is -2.15. The molecule has 0 bridgehead atoms. The number of nitrogens with two attached hydrogens (primary N) is 1. The maximum Gasteiger partial charge on any atom is 0.254 e. The van der Waals surface area contributed by atoms with E-state index in [9.17, 15) is 14.4 Å². The summed E-state index contributed by atoms with van der Waals surface area (Å²) >= 11 is 0. The maximum absolute atomic E-state index is 12.1. The van der Waals surface area contributed by atoms with Crippen LogP contribution < -0.4 is 16.4 Å². The number of primary amides is 1. The molecule has 1 rings (SSSR count). The predicted octanol–water partition coefficient (Wildman–Crippen LogP) is 0.805. The van der Waals surface area contributed by atoms with Crippen molar-refractivity contribution in [1.29, 1.82) is 0 Å². The number of amides is 3. The summed E-state index contributed by atoms with van der Waals surface area (Å²) in [5.41, 5.74) is 5.83.